The standard InChI is InChI=1S/C25H29NO4.C2H6/c1-5-9-26-13-24-12-25-16(22(24)26)7-8-17(27)23(25)30-21-18(28-4)10-15(19(24)20(21)25)14(3)11-29-6-2;1-2/h5,10-11,16,22-23H,1,6-9,12-13H2,2-4H3;1-2H3/b14-11+;/t16?,22?,23?,24?,25-;/m1./s1. The van der Waals surface area contributed by atoms with Crippen LogP contribution in [0.4, 0.5) is 0 Å². The van der Waals surface area contributed by atoms with Gasteiger partial charge in [-0.15, -0.1) is 6.58 Å². The van der Waals surface area contributed by atoms with E-state index in [1.165, 1.54) is 16.7 Å². The van der Waals surface area contributed by atoms with E-state index in [1.54, 1.807) is 7.11 Å². The van der Waals surface area contributed by atoms with E-state index in [1.807, 2.05) is 33.1 Å². The van der Waals surface area contributed by atoms with Crippen LogP contribution >= 0.6 is 0 Å². The zero-order chi connectivity index (χ0) is 22.8. The number of hydrogen-bond donors (Lipinski definition) is 0. The van der Waals surface area contributed by atoms with Crippen LogP contribution in [0.1, 0.15) is 63.6 Å². The number of likely N-dealkylation sites (tertiary alicyclic amines) is 1. The zero-order valence-electron chi connectivity index (χ0n) is 20.0. The van der Waals surface area contributed by atoms with E-state index >= 15 is 0 Å². The molecule has 2 aliphatic heterocycles. The van der Waals surface area contributed by atoms with Gasteiger partial charge in [0.1, 0.15) is 0 Å². The number of carbonyl (C=O) groups is 1. The lowest BCUT2D eigenvalue weighted by molar-refractivity contribution is -0.133. The number of carbonyl (C=O) groups excluding carboxylic acids is 1. The second-order valence-electron chi connectivity index (χ2n) is 9.61. The van der Waals surface area contributed by atoms with Crippen molar-refractivity contribution >= 4 is 11.4 Å². The summed E-state index contributed by atoms with van der Waals surface area (Å²) in [5.41, 5.74) is 4.86. The first-order valence-corrected chi connectivity index (χ1v) is 12.1. The Bertz CT molecular complexity index is 1010. The predicted molar refractivity (Wildman–Crippen MR) is 125 cm³/mol. The number of methoxy groups -OCH3 is 1. The van der Waals surface area contributed by atoms with Gasteiger partial charge in [0.05, 0.1) is 20.0 Å². The minimum Gasteiger partial charge on any atom is -0.501 e. The minimum absolute atomic E-state index is 0.0906. The molecule has 5 nitrogen and oxygen atoms in total. The second kappa shape index (κ2) is 7.38. The van der Waals surface area contributed by atoms with Gasteiger partial charge in [0, 0.05) is 41.9 Å². The quantitative estimate of drug-likeness (QED) is 0.480. The van der Waals surface area contributed by atoms with Crippen molar-refractivity contribution < 1.29 is 19.0 Å². The lowest BCUT2D eigenvalue weighted by Gasteiger charge is -2.58. The van der Waals surface area contributed by atoms with Crippen molar-refractivity contribution in [2.45, 2.75) is 69.9 Å². The topological polar surface area (TPSA) is 48.0 Å². The average Bonchev–Trinajstić information content (AvgIpc) is 3.38. The fraction of sp³-hybridized carbons (Fsp3) is 0.593. The van der Waals surface area contributed by atoms with E-state index in [-0.39, 0.29) is 22.7 Å². The molecule has 1 aromatic rings. The fourth-order valence-electron chi connectivity index (χ4n) is 7.75. The predicted octanol–water partition coefficient (Wildman–Crippen LogP) is 4.62. The molecule has 32 heavy (non-hydrogen) atoms. The molecule has 2 spiro atoms. The lowest BCUT2D eigenvalue weighted by atomic mass is 9.57. The smallest absolute Gasteiger partial charge is 0.174 e. The molecule has 6 rings (SSSR count). The molecular weight excluding hydrogens is 402 g/mol. The molecule has 0 N–H and O–H groups in total. The van der Waals surface area contributed by atoms with Crippen molar-refractivity contribution in [2.75, 3.05) is 26.8 Å². The third-order valence-electron chi connectivity index (χ3n) is 8.44. The fourth-order valence-corrected chi connectivity index (χ4v) is 7.75. The Morgan fingerprint density at radius 1 is 1.38 bits per heavy atom. The van der Waals surface area contributed by atoms with Crippen LogP contribution in [0.5, 0.6) is 11.5 Å². The van der Waals surface area contributed by atoms with Gasteiger partial charge in [-0.1, -0.05) is 19.9 Å². The van der Waals surface area contributed by atoms with Crippen LogP contribution in [-0.4, -0.2) is 49.6 Å². The Labute approximate surface area is 191 Å². The number of ether oxygens (including phenoxy) is 3. The highest BCUT2D eigenvalue weighted by Crippen LogP contribution is 2.77. The van der Waals surface area contributed by atoms with Gasteiger partial charge in [0.15, 0.2) is 23.4 Å². The molecule has 172 valence electrons. The van der Waals surface area contributed by atoms with Crippen LogP contribution in [0.3, 0.4) is 0 Å². The lowest BCUT2D eigenvalue weighted by Crippen LogP contribution is -2.68. The summed E-state index contributed by atoms with van der Waals surface area (Å²) in [7, 11) is 1.69. The molecule has 1 aromatic carbocycles. The maximum Gasteiger partial charge on any atom is 0.174 e. The molecule has 3 fully saturated rings. The van der Waals surface area contributed by atoms with Gasteiger partial charge in [0.2, 0.25) is 0 Å². The van der Waals surface area contributed by atoms with Crippen LogP contribution in [0, 0.1) is 5.92 Å². The Hall–Kier alpha value is -2.27. The molecule has 0 radical (unpaired) electrons. The van der Waals surface area contributed by atoms with E-state index in [0.29, 0.717) is 25.0 Å². The van der Waals surface area contributed by atoms with Crippen molar-refractivity contribution in [1.29, 1.82) is 0 Å². The van der Waals surface area contributed by atoms with E-state index in [4.69, 9.17) is 14.2 Å². The summed E-state index contributed by atoms with van der Waals surface area (Å²) in [5, 5.41) is 0. The summed E-state index contributed by atoms with van der Waals surface area (Å²) >= 11 is 0. The summed E-state index contributed by atoms with van der Waals surface area (Å²) in [4.78, 5) is 15.6. The number of allylic oxidation sites excluding steroid dienone is 1. The van der Waals surface area contributed by atoms with Gasteiger partial charge in [0.25, 0.3) is 0 Å². The molecule has 4 unspecified atom stereocenters. The molecule has 2 saturated carbocycles. The summed E-state index contributed by atoms with van der Waals surface area (Å²) in [6.07, 6.45) is 6.11. The Balaban J connectivity index is 0.00000105. The Morgan fingerprint density at radius 2 is 2.16 bits per heavy atom. The van der Waals surface area contributed by atoms with Crippen LogP contribution in [0.25, 0.3) is 5.57 Å². The molecule has 2 heterocycles. The second-order valence-corrected chi connectivity index (χ2v) is 9.61. The van der Waals surface area contributed by atoms with Crippen LogP contribution in [0.15, 0.2) is 25.0 Å². The number of fused-ring (bicyclic) bond motifs is 1. The van der Waals surface area contributed by atoms with E-state index in [2.05, 4.69) is 24.5 Å². The largest absolute Gasteiger partial charge is 0.501 e. The van der Waals surface area contributed by atoms with E-state index < -0.39 is 0 Å². The highest BCUT2D eigenvalue weighted by molar-refractivity contribution is 5.92. The van der Waals surface area contributed by atoms with Gasteiger partial charge in [-0.25, -0.2) is 0 Å². The highest BCUT2D eigenvalue weighted by atomic mass is 16.5. The average molecular weight is 438 g/mol. The van der Waals surface area contributed by atoms with Crippen LogP contribution in [0.2, 0.25) is 0 Å². The summed E-state index contributed by atoms with van der Waals surface area (Å²) in [6.45, 7) is 14.7. The van der Waals surface area contributed by atoms with Gasteiger partial charge < -0.3 is 14.2 Å². The van der Waals surface area contributed by atoms with Crippen molar-refractivity contribution in [1.82, 2.24) is 4.90 Å². The number of ketones is 1. The minimum atomic E-state index is -0.360. The number of nitrogens with zero attached hydrogens (tertiary/aromatic N) is 1. The van der Waals surface area contributed by atoms with Crippen LogP contribution in [-0.2, 0) is 20.4 Å². The maximum absolute atomic E-state index is 13.1. The monoisotopic (exact) mass is 437 g/mol. The third-order valence-corrected chi connectivity index (χ3v) is 8.44. The molecule has 5 aliphatic rings. The van der Waals surface area contributed by atoms with Gasteiger partial charge in [-0.05, 0) is 55.4 Å². The molecule has 0 aromatic heterocycles. The maximum atomic E-state index is 13.1. The molecular formula is C27H35NO4. The van der Waals surface area contributed by atoms with Crippen molar-refractivity contribution in [3.05, 3.63) is 41.7 Å². The number of Topliss-reactive ketones (excluding diaryl/α,β-unsaturated/α-hetero) is 1. The van der Waals surface area contributed by atoms with E-state index in [0.717, 1.165) is 43.0 Å². The summed E-state index contributed by atoms with van der Waals surface area (Å²) in [6, 6.07) is 2.56. The first-order valence-electron chi connectivity index (χ1n) is 12.1. The first kappa shape index (κ1) is 21.6. The highest BCUT2D eigenvalue weighted by Gasteiger charge is 2.80. The van der Waals surface area contributed by atoms with Gasteiger partial charge in [-0.3, -0.25) is 9.69 Å². The molecule has 5 heteroatoms. The molecule has 5 atom stereocenters. The van der Waals surface area contributed by atoms with E-state index in [9.17, 15) is 4.79 Å². The Kier molecular flexibility index (Phi) is 4.97. The third kappa shape index (κ3) is 2.30. The van der Waals surface area contributed by atoms with Crippen LogP contribution < -0.4 is 9.47 Å². The first-order chi connectivity index (χ1) is 15.5. The number of benzene rings is 1. The number of rotatable bonds is 6. The SMILES string of the molecule is C=CCN1CC23C[C@@]45c6c(c(OC)cc(/C(C)=C/OCC)c62)OC4C(=O)CCC5C13.CC. The molecule has 0 amide bonds. The van der Waals surface area contributed by atoms with Crippen molar-refractivity contribution in [2.24, 2.45) is 5.92 Å². The normalized spacial score (nSPS) is 35.2. The molecule has 3 aliphatic carbocycles. The Morgan fingerprint density at radius 3 is 2.84 bits per heavy atom. The van der Waals surface area contributed by atoms with Gasteiger partial charge in [-0.2, -0.15) is 0 Å². The van der Waals surface area contributed by atoms with Crippen molar-refractivity contribution in [3.63, 3.8) is 0 Å². The zero-order valence-corrected chi connectivity index (χ0v) is 20.0. The van der Waals surface area contributed by atoms with Gasteiger partial charge >= 0.3 is 0 Å². The molecule has 2 bridgehead atoms. The molecule has 1 saturated heterocycles. The summed E-state index contributed by atoms with van der Waals surface area (Å²) < 4.78 is 17.9. The van der Waals surface area contributed by atoms with Crippen molar-refractivity contribution in [3.8, 4) is 11.5 Å². The number of hydrogen-bond acceptors (Lipinski definition) is 5. The summed E-state index contributed by atoms with van der Waals surface area (Å²) in [5.74, 6) is 2.28.